The van der Waals surface area contributed by atoms with Gasteiger partial charge in [-0.05, 0) is 17.7 Å². The van der Waals surface area contributed by atoms with Gasteiger partial charge in [-0.2, -0.15) is 0 Å². The summed E-state index contributed by atoms with van der Waals surface area (Å²) in [6, 6.07) is 2.13. The molecule has 15 heteroatoms. The van der Waals surface area contributed by atoms with E-state index in [1.807, 2.05) is 0 Å². The number of aromatic nitrogens is 1. The molecule has 1 saturated heterocycles. The molecule has 0 saturated carbocycles. The lowest BCUT2D eigenvalue weighted by Crippen LogP contribution is -2.71. The quantitative estimate of drug-likeness (QED) is 0.255. The first-order chi connectivity index (χ1) is 16.3. The van der Waals surface area contributed by atoms with Crippen molar-refractivity contribution < 1.29 is 33.5 Å². The summed E-state index contributed by atoms with van der Waals surface area (Å²) < 4.78 is 5.05. The molecule has 12 nitrogen and oxygen atoms in total. The van der Waals surface area contributed by atoms with Crippen molar-refractivity contribution in [2.75, 3.05) is 24.3 Å². The Hall–Kier alpha value is -3.30. The van der Waals surface area contributed by atoms with Crippen LogP contribution >= 0.6 is 34.9 Å². The summed E-state index contributed by atoms with van der Waals surface area (Å²) in [4.78, 5) is 59.6. The second-order valence-electron chi connectivity index (χ2n) is 6.87. The molecule has 0 spiro atoms. The van der Waals surface area contributed by atoms with E-state index in [1.54, 1.807) is 6.07 Å². The number of carbonyl (C=O) groups is 4. The van der Waals surface area contributed by atoms with Gasteiger partial charge in [-0.25, -0.2) is 9.78 Å². The fourth-order valence-corrected chi connectivity index (χ4v) is 6.14. The lowest BCUT2D eigenvalue weighted by atomic mass is 10.0. The number of nitrogens with two attached hydrogens (primary N) is 1. The standard InChI is InChI=1S/C19H17N5O7S3/c1-30-23-11(9-7-34-19(20)21-9)14(25)22-12-15(26)24-13(17(27)28)8(5-32-16(12)24)6-33-18(29)10-3-2-4-31-10/h2-4,7,12,16H,5-6H2,1H3,(H2,20,21)(H,22,25)(H,27,28)/t12-,16+/m1/s1. The number of oxime groups is 1. The summed E-state index contributed by atoms with van der Waals surface area (Å²) in [5, 5.41) is 16.8. The number of thioether (sulfide) groups is 2. The van der Waals surface area contributed by atoms with Gasteiger partial charge >= 0.3 is 5.97 Å². The van der Waals surface area contributed by atoms with E-state index >= 15 is 0 Å². The molecular formula is C19H17N5O7S3. The minimum absolute atomic E-state index is 0.0809. The van der Waals surface area contributed by atoms with Gasteiger partial charge in [-0.15, -0.1) is 23.1 Å². The Morgan fingerprint density at radius 1 is 1.47 bits per heavy atom. The first-order valence-corrected chi connectivity index (χ1v) is 12.5. The Labute approximate surface area is 204 Å². The van der Waals surface area contributed by atoms with Crippen molar-refractivity contribution in [2.24, 2.45) is 5.16 Å². The second kappa shape index (κ2) is 9.90. The van der Waals surface area contributed by atoms with Gasteiger partial charge < -0.3 is 25.4 Å². The van der Waals surface area contributed by atoms with E-state index in [1.165, 1.54) is 36.6 Å². The number of thiazole rings is 1. The fourth-order valence-electron chi connectivity index (χ4n) is 3.31. The molecule has 2 aromatic heterocycles. The maximum atomic E-state index is 12.8. The van der Waals surface area contributed by atoms with Crippen molar-refractivity contribution in [3.05, 3.63) is 46.5 Å². The summed E-state index contributed by atoms with van der Waals surface area (Å²) in [6.45, 7) is 0. The van der Waals surface area contributed by atoms with Crippen LogP contribution in [0.2, 0.25) is 0 Å². The minimum atomic E-state index is -1.29. The van der Waals surface area contributed by atoms with Crippen LogP contribution in [0.1, 0.15) is 16.2 Å². The Morgan fingerprint density at radius 3 is 2.88 bits per heavy atom. The van der Waals surface area contributed by atoms with Gasteiger partial charge in [-0.3, -0.25) is 19.3 Å². The van der Waals surface area contributed by atoms with E-state index in [2.05, 4.69) is 15.5 Å². The van der Waals surface area contributed by atoms with E-state index in [0.717, 1.165) is 28.0 Å². The number of aliphatic carboxylic acids is 1. The molecule has 2 atom stereocenters. The minimum Gasteiger partial charge on any atom is -0.477 e. The van der Waals surface area contributed by atoms with Crippen LogP contribution in [0.4, 0.5) is 5.13 Å². The van der Waals surface area contributed by atoms with Gasteiger partial charge in [-0.1, -0.05) is 16.9 Å². The molecule has 0 aliphatic carbocycles. The van der Waals surface area contributed by atoms with E-state index in [4.69, 9.17) is 15.0 Å². The van der Waals surface area contributed by atoms with Gasteiger partial charge in [0.15, 0.2) is 16.6 Å². The van der Waals surface area contributed by atoms with Gasteiger partial charge in [0.2, 0.25) is 0 Å². The highest BCUT2D eigenvalue weighted by atomic mass is 32.2. The number of anilines is 1. The van der Waals surface area contributed by atoms with Crippen LogP contribution < -0.4 is 11.1 Å². The molecule has 0 aromatic carbocycles. The van der Waals surface area contributed by atoms with Crippen LogP contribution in [0, 0.1) is 0 Å². The monoisotopic (exact) mass is 523 g/mol. The van der Waals surface area contributed by atoms with Crippen molar-refractivity contribution in [2.45, 2.75) is 11.4 Å². The Morgan fingerprint density at radius 2 is 2.26 bits per heavy atom. The van der Waals surface area contributed by atoms with Crippen LogP contribution in [0.25, 0.3) is 0 Å². The van der Waals surface area contributed by atoms with E-state index < -0.39 is 29.2 Å². The first kappa shape index (κ1) is 23.8. The van der Waals surface area contributed by atoms with Crippen molar-refractivity contribution in [3.63, 3.8) is 0 Å². The lowest BCUT2D eigenvalue weighted by molar-refractivity contribution is -0.150. The Balaban J connectivity index is 1.47. The maximum absolute atomic E-state index is 12.8. The van der Waals surface area contributed by atoms with Crippen molar-refractivity contribution in [1.29, 1.82) is 0 Å². The molecule has 4 rings (SSSR count). The first-order valence-electron chi connectivity index (χ1n) is 9.55. The summed E-state index contributed by atoms with van der Waals surface area (Å²) in [7, 11) is 1.26. The number of β-lactam (4-membered cyclic amide) rings is 1. The molecule has 1 fully saturated rings. The third kappa shape index (κ3) is 4.53. The van der Waals surface area contributed by atoms with Crippen molar-refractivity contribution in [3.8, 4) is 0 Å². The molecule has 4 heterocycles. The van der Waals surface area contributed by atoms with E-state index in [0.29, 0.717) is 5.57 Å². The van der Waals surface area contributed by atoms with Gasteiger partial charge in [0.05, 0.1) is 6.26 Å². The highest BCUT2D eigenvalue weighted by Crippen LogP contribution is 2.41. The maximum Gasteiger partial charge on any atom is 0.352 e. The number of fused-ring (bicyclic) bond motifs is 1. The molecule has 2 aliphatic heterocycles. The topological polar surface area (TPSA) is 177 Å². The molecule has 4 N–H and O–H groups in total. The smallest absolute Gasteiger partial charge is 0.352 e. The summed E-state index contributed by atoms with van der Waals surface area (Å²) in [5.41, 5.74) is 5.89. The molecule has 178 valence electrons. The number of hydrogen-bond acceptors (Lipinski definition) is 12. The number of carbonyl (C=O) groups excluding carboxylic acids is 3. The number of amides is 2. The summed E-state index contributed by atoms with van der Waals surface area (Å²) in [5.74, 6) is -2.08. The molecule has 0 radical (unpaired) electrons. The zero-order valence-electron chi connectivity index (χ0n) is 17.4. The molecule has 2 aromatic rings. The number of rotatable bonds is 8. The normalized spacial score (nSPS) is 20.0. The Kier molecular flexibility index (Phi) is 6.95. The largest absolute Gasteiger partial charge is 0.477 e. The summed E-state index contributed by atoms with van der Waals surface area (Å²) >= 11 is 3.29. The number of nitrogens with one attached hydrogen (secondary N) is 1. The molecular weight excluding hydrogens is 506 g/mol. The lowest BCUT2D eigenvalue weighted by Gasteiger charge is -2.49. The average Bonchev–Trinajstić information content (AvgIpc) is 3.50. The number of carboxylic acids is 1. The predicted octanol–water partition coefficient (Wildman–Crippen LogP) is 0.981. The second-order valence-corrected chi connectivity index (χ2v) is 9.81. The highest BCUT2D eigenvalue weighted by molar-refractivity contribution is 8.14. The SMILES string of the molecule is CON=C(C(=O)N[C@@H]1C(=O)N2C(C(=O)O)=C(CSC(=O)c3ccco3)CS[C@@H]12)c1csc(N)n1. The van der Waals surface area contributed by atoms with Crippen molar-refractivity contribution in [1.82, 2.24) is 15.2 Å². The van der Waals surface area contributed by atoms with E-state index in [-0.39, 0.29) is 44.6 Å². The third-order valence-electron chi connectivity index (χ3n) is 4.80. The van der Waals surface area contributed by atoms with Crippen LogP contribution in [0.3, 0.4) is 0 Å². The van der Waals surface area contributed by atoms with Gasteiger partial charge in [0.1, 0.15) is 29.9 Å². The van der Waals surface area contributed by atoms with Gasteiger partial charge in [0.25, 0.3) is 16.9 Å². The average molecular weight is 524 g/mol. The zero-order valence-corrected chi connectivity index (χ0v) is 19.9. The van der Waals surface area contributed by atoms with Gasteiger partial charge in [0, 0.05) is 16.9 Å². The number of carboxylic acid groups (broad SMARTS) is 1. The number of nitrogens with zero attached hydrogens (tertiary/aromatic N) is 3. The number of nitrogen functional groups attached to an aromatic ring is 1. The summed E-state index contributed by atoms with van der Waals surface area (Å²) in [6.07, 6.45) is 1.37. The molecule has 0 unspecified atom stereocenters. The van der Waals surface area contributed by atoms with Crippen LogP contribution in [0.15, 0.2) is 44.6 Å². The predicted molar refractivity (Wildman–Crippen MR) is 125 cm³/mol. The van der Waals surface area contributed by atoms with Crippen LogP contribution in [-0.2, 0) is 19.2 Å². The fraction of sp³-hybridized carbons (Fsp3) is 0.263. The number of hydrogen-bond donors (Lipinski definition) is 3. The third-order valence-corrected chi connectivity index (χ3v) is 7.77. The highest BCUT2D eigenvalue weighted by Gasteiger charge is 2.54. The van der Waals surface area contributed by atoms with E-state index in [9.17, 15) is 24.3 Å². The van der Waals surface area contributed by atoms with Crippen LogP contribution in [-0.4, -0.2) is 73.6 Å². The number of furan rings is 1. The zero-order chi connectivity index (χ0) is 24.4. The molecule has 34 heavy (non-hydrogen) atoms. The molecule has 0 bridgehead atoms. The Bertz CT molecular complexity index is 1210. The van der Waals surface area contributed by atoms with Crippen molar-refractivity contribution >= 4 is 68.6 Å². The van der Waals surface area contributed by atoms with Crippen LogP contribution in [0.5, 0.6) is 0 Å². The molecule has 2 amide bonds. The molecule has 2 aliphatic rings.